The van der Waals surface area contributed by atoms with E-state index in [-0.39, 0.29) is 17.2 Å². The number of carbonyl (C=O) groups is 1. The molecule has 1 aliphatic carbocycles. The molecule has 4 fully saturated rings. The molecule has 5 rings (SSSR count). The van der Waals surface area contributed by atoms with Gasteiger partial charge in [0.1, 0.15) is 29.9 Å². The molecule has 7 unspecified atom stereocenters. The Hall–Kier alpha value is -0.850. The molecule has 1 aromatic carbocycles. The molecule has 3 saturated heterocycles. The van der Waals surface area contributed by atoms with Crippen LogP contribution in [0.3, 0.4) is 0 Å². The van der Waals surface area contributed by atoms with Crippen molar-refractivity contribution in [1.82, 2.24) is 15.1 Å². The first-order valence-corrected chi connectivity index (χ1v) is 17.5. The third kappa shape index (κ3) is 7.63. The van der Waals surface area contributed by atoms with Gasteiger partial charge in [0, 0.05) is 16.7 Å². The number of aliphatic hydroxyl groups is 3. The molecule has 1 amide bonds. The number of likely N-dealkylation sites (N-methyl/N-ethyl adjacent to an activating group) is 2. The average molecular weight is 608 g/mol. The highest BCUT2D eigenvalue weighted by Crippen LogP contribution is 2.40. The molecular formula is C31H49N3O5S2. The molecule has 1 aromatic rings. The Morgan fingerprint density at radius 1 is 1.02 bits per heavy atom. The van der Waals surface area contributed by atoms with Gasteiger partial charge in [0.25, 0.3) is 0 Å². The summed E-state index contributed by atoms with van der Waals surface area (Å²) in [5.74, 6) is 1.90. The van der Waals surface area contributed by atoms with Crippen LogP contribution in [0.2, 0.25) is 0 Å². The van der Waals surface area contributed by atoms with Crippen molar-refractivity contribution in [2.45, 2.75) is 103 Å². The van der Waals surface area contributed by atoms with Crippen LogP contribution in [-0.4, -0.2) is 118 Å². The van der Waals surface area contributed by atoms with Crippen LogP contribution in [0.15, 0.2) is 29.2 Å². The van der Waals surface area contributed by atoms with Crippen LogP contribution in [0.5, 0.6) is 0 Å². The van der Waals surface area contributed by atoms with Crippen molar-refractivity contribution >= 4 is 29.4 Å². The summed E-state index contributed by atoms with van der Waals surface area (Å²) < 4.78 is 6.20. The second-order valence-electron chi connectivity index (χ2n) is 12.9. The fourth-order valence-electron chi connectivity index (χ4n) is 6.91. The third-order valence-electron chi connectivity index (χ3n) is 9.72. The lowest BCUT2D eigenvalue weighted by Gasteiger charge is -2.45. The van der Waals surface area contributed by atoms with Gasteiger partial charge in [-0.15, -0.1) is 23.5 Å². The Labute approximate surface area is 254 Å². The molecule has 230 valence electrons. The van der Waals surface area contributed by atoms with E-state index < -0.39 is 35.9 Å². The topological polar surface area (TPSA) is 106 Å². The summed E-state index contributed by atoms with van der Waals surface area (Å²) in [6, 6.07) is 7.90. The zero-order chi connectivity index (χ0) is 29.3. The van der Waals surface area contributed by atoms with Gasteiger partial charge < -0.3 is 30.3 Å². The molecule has 1 saturated carbocycles. The van der Waals surface area contributed by atoms with Crippen molar-refractivity contribution in [2.75, 3.05) is 40.0 Å². The van der Waals surface area contributed by atoms with Gasteiger partial charge in [0.05, 0.1) is 12.1 Å². The summed E-state index contributed by atoms with van der Waals surface area (Å²) in [6.45, 7) is 5.14. The first kappa shape index (κ1) is 31.6. The molecule has 10 atom stereocenters. The van der Waals surface area contributed by atoms with Crippen LogP contribution in [0, 0.1) is 11.8 Å². The minimum Gasteiger partial charge on any atom is -0.388 e. The number of carbonyl (C=O) groups excluding carboxylic acids is 1. The Morgan fingerprint density at radius 2 is 1.76 bits per heavy atom. The number of amides is 1. The maximum Gasteiger partial charge on any atom is 0.237 e. The molecule has 3 heterocycles. The molecule has 4 aliphatic rings. The summed E-state index contributed by atoms with van der Waals surface area (Å²) in [5.41, 5.74) is 0.655. The predicted octanol–water partition coefficient (Wildman–Crippen LogP) is 2.75. The number of piperidine rings is 1. The molecule has 41 heavy (non-hydrogen) atoms. The van der Waals surface area contributed by atoms with Crippen molar-refractivity contribution in [3.63, 3.8) is 0 Å². The van der Waals surface area contributed by atoms with Crippen molar-refractivity contribution in [3.05, 3.63) is 29.8 Å². The van der Waals surface area contributed by atoms with Gasteiger partial charge in [-0.1, -0.05) is 31.9 Å². The molecule has 10 heteroatoms. The predicted molar refractivity (Wildman–Crippen MR) is 165 cm³/mol. The summed E-state index contributed by atoms with van der Waals surface area (Å²) in [6.07, 6.45) is 4.06. The molecular weight excluding hydrogens is 558 g/mol. The minimum atomic E-state index is -1.35. The van der Waals surface area contributed by atoms with Gasteiger partial charge in [-0.25, -0.2) is 0 Å². The van der Waals surface area contributed by atoms with E-state index in [1.165, 1.54) is 43.0 Å². The monoisotopic (exact) mass is 607 g/mol. The van der Waals surface area contributed by atoms with Crippen LogP contribution in [0.4, 0.5) is 0 Å². The smallest absolute Gasteiger partial charge is 0.237 e. The van der Waals surface area contributed by atoms with Crippen molar-refractivity contribution in [1.29, 1.82) is 0 Å². The highest BCUT2D eigenvalue weighted by atomic mass is 32.2. The first-order chi connectivity index (χ1) is 19.6. The van der Waals surface area contributed by atoms with E-state index in [2.05, 4.69) is 46.4 Å². The quantitative estimate of drug-likeness (QED) is 0.299. The van der Waals surface area contributed by atoms with E-state index in [0.29, 0.717) is 11.8 Å². The summed E-state index contributed by atoms with van der Waals surface area (Å²) >= 11 is 2.93. The van der Waals surface area contributed by atoms with E-state index in [4.69, 9.17) is 4.74 Å². The highest BCUT2D eigenvalue weighted by Gasteiger charge is 2.48. The number of hydrogen-bond donors (Lipinski definition) is 4. The summed E-state index contributed by atoms with van der Waals surface area (Å²) in [7, 11) is 4.18. The van der Waals surface area contributed by atoms with E-state index >= 15 is 0 Å². The van der Waals surface area contributed by atoms with Crippen LogP contribution in [0.25, 0.3) is 0 Å². The number of thioether (sulfide) groups is 2. The Kier molecular flexibility index (Phi) is 10.7. The van der Waals surface area contributed by atoms with Crippen LogP contribution in [-0.2, 0) is 9.53 Å². The largest absolute Gasteiger partial charge is 0.388 e. The van der Waals surface area contributed by atoms with E-state index in [9.17, 15) is 20.1 Å². The van der Waals surface area contributed by atoms with Crippen LogP contribution in [0.1, 0.15) is 56.9 Å². The van der Waals surface area contributed by atoms with Gasteiger partial charge >= 0.3 is 0 Å². The lowest BCUT2D eigenvalue weighted by atomic mass is 9.86. The Balaban J connectivity index is 1.32. The fraction of sp³-hybridized carbons (Fsp3) is 0.774. The second-order valence-corrected chi connectivity index (χ2v) is 15.3. The zero-order valence-electron chi connectivity index (χ0n) is 24.9. The fourth-order valence-corrected chi connectivity index (χ4v) is 8.68. The summed E-state index contributed by atoms with van der Waals surface area (Å²) in [4.78, 5) is 19.5. The number of aliphatic hydroxyl groups excluding tert-OH is 3. The van der Waals surface area contributed by atoms with Crippen LogP contribution < -0.4 is 5.32 Å². The van der Waals surface area contributed by atoms with E-state index in [1.54, 1.807) is 11.8 Å². The summed E-state index contributed by atoms with van der Waals surface area (Å²) in [5, 5.41) is 35.4. The van der Waals surface area contributed by atoms with Crippen molar-refractivity contribution in [2.24, 2.45) is 11.8 Å². The van der Waals surface area contributed by atoms with Gasteiger partial charge in [0.15, 0.2) is 0 Å². The average Bonchev–Trinajstić information content (AvgIpc) is 3.68. The third-order valence-corrected chi connectivity index (χ3v) is 11.8. The molecule has 0 radical (unpaired) electrons. The first-order valence-electron chi connectivity index (χ1n) is 15.3. The van der Waals surface area contributed by atoms with E-state index in [0.717, 1.165) is 43.3 Å². The lowest BCUT2D eigenvalue weighted by Crippen LogP contribution is -2.65. The minimum absolute atomic E-state index is 0.0525. The van der Waals surface area contributed by atoms with Crippen molar-refractivity contribution in [3.8, 4) is 0 Å². The lowest BCUT2D eigenvalue weighted by molar-refractivity contribution is -0.205. The Bertz CT molecular complexity index is 1010. The number of rotatable bonds is 10. The molecule has 4 N–H and O–H groups in total. The number of likely N-dealkylation sites (tertiary alicyclic amines) is 2. The highest BCUT2D eigenvalue weighted by molar-refractivity contribution is 8.00. The van der Waals surface area contributed by atoms with Crippen LogP contribution >= 0.6 is 23.5 Å². The van der Waals surface area contributed by atoms with Gasteiger partial charge in [-0.05, 0) is 94.6 Å². The van der Waals surface area contributed by atoms with E-state index in [1.807, 2.05) is 20.2 Å². The van der Waals surface area contributed by atoms with Gasteiger partial charge in [0.2, 0.25) is 5.91 Å². The second kappa shape index (κ2) is 13.8. The van der Waals surface area contributed by atoms with Crippen molar-refractivity contribution < 1.29 is 24.9 Å². The number of nitrogens with zero attached hydrogens (tertiary/aromatic N) is 2. The molecule has 3 aliphatic heterocycles. The normalized spacial score (nSPS) is 36.7. The maximum atomic E-state index is 13.9. The van der Waals surface area contributed by atoms with Gasteiger partial charge in [-0.2, -0.15) is 0 Å². The standard InChI is InChI=1S/C31H49N3O5S2/c1-18(41-23-9-7-21(8-10-23)22-12-13-33(2)17-22)25(29-27(36)26(35)28(37)31(39-29)40-4)32-30(38)24-16-20(11-14-34(24)3)15-19-5-6-19/h7-10,18-20,22,24-29,31,35-37H,5-6,11-17H2,1-4H3,(H,32,38)/t18-,20-,22?,24?,25+,26?,27?,28?,29?,31?/m0/s1. The number of hydrogen-bond acceptors (Lipinski definition) is 9. The number of ether oxygens (including phenoxy) is 1. The Morgan fingerprint density at radius 3 is 2.39 bits per heavy atom. The zero-order valence-corrected chi connectivity index (χ0v) is 26.5. The molecule has 0 bridgehead atoms. The molecule has 0 aromatic heterocycles. The SMILES string of the molecule is CSC1OC([C@H](NC(=O)C2C[C@H](CC3CC3)CCN2C)[C@H](C)Sc2ccc(C3CCN(C)C3)cc2)C(O)C(O)C1O. The molecule has 8 nitrogen and oxygen atoms in total. The number of benzene rings is 1. The maximum absolute atomic E-state index is 13.9. The molecule has 0 spiro atoms. The number of nitrogens with one attached hydrogen (secondary N) is 1. The van der Waals surface area contributed by atoms with Gasteiger partial charge in [-0.3, -0.25) is 9.69 Å².